The van der Waals surface area contributed by atoms with Gasteiger partial charge in [-0.15, -0.1) is 12.4 Å². The van der Waals surface area contributed by atoms with Crippen LogP contribution >= 0.6 is 12.4 Å². The fraction of sp³-hybridized carbons (Fsp3) is 0.833. The van der Waals surface area contributed by atoms with Crippen LogP contribution < -0.4 is 16.4 Å². The van der Waals surface area contributed by atoms with Crippen LogP contribution in [0.3, 0.4) is 0 Å². The fourth-order valence-electron chi connectivity index (χ4n) is 2.35. The minimum absolute atomic E-state index is 0. The van der Waals surface area contributed by atoms with Crippen LogP contribution in [0.5, 0.6) is 0 Å². The lowest BCUT2D eigenvalue weighted by atomic mass is 9.80. The third-order valence-corrected chi connectivity index (χ3v) is 3.36. The molecule has 1 saturated carbocycles. The maximum absolute atomic E-state index is 13.0. The molecular formula is C12H22ClF2N3O2. The molecule has 8 heteroatoms. The van der Waals surface area contributed by atoms with Crippen molar-refractivity contribution in [1.82, 2.24) is 10.6 Å². The van der Waals surface area contributed by atoms with Crippen LogP contribution in [0.1, 0.15) is 39.0 Å². The van der Waals surface area contributed by atoms with E-state index in [1.165, 1.54) is 6.92 Å². The Morgan fingerprint density at radius 1 is 1.25 bits per heavy atom. The molecule has 0 aliphatic heterocycles. The van der Waals surface area contributed by atoms with Gasteiger partial charge in [-0.05, 0) is 12.8 Å². The van der Waals surface area contributed by atoms with Gasteiger partial charge in [0.15, 0.2) is 0 Å². The lowest BCUT2D eigenvalue weighted by molar-refractivity contribution is -0.135. The summed E-state index contributed by atoms with van der Waals surface area (Å²) in [6, 6.07) is 0. The molecule has 0 atom stereocenters. The van der Waals surface area contributed by atoms with Crippen molar-refractivity contribution in [2.24, 2.45) is 5.73 Å². The van der Waals surface area contributed by atoms with Crippen molar-refractivity contribution in [2.75, 3.05) is 13.1 Å². The summed E-state index contributed by atoms with van der Waals surface area (Å²) in [5.74, 6) is -4.00. The van der Waals surface area contributed by atoms with Crippen LogP contribution in [0.4, 0.5) is 8.78 Å². The van der Waals surface area contributed by atoms with Gasteiger partial charge in [-0.3, -0.25) is 9.59 Å². The van der Waals surface area contributed by atoms with Crippen LogP contribution in [-0.4, -0.2) is 36.4 Å². The minimum Gasteiger partial charge on any atom is -0.348 e. The Morgan fingerprint density at radius 2 is 1.80 bits per heavy atom. The molecule has 5 nitrogen and oxygen atoms in total. The number of rotatable bonds is 5. The number of alkyl halides is 2. The first-order valence-electron chi connectivity index (χ1n) is 6.46. The van der Waals surface area contributed by atoms with Crippen molar-refractivity contribution in [1.29, 1.82) is 0 Å². The first-order valence-corrected chi connectivity index (χ1v) is 6.46. The molecule has 1 fully saturated rings. The number of carbonyl (C=O) groups excluding carboxylic acids is 2. The molecule has 0 unspecified atom stereocenters. The SMILES string of the molecule is CC(=O)NC1(C(=O)NCC(F)(F)CN)CCCCC1.Cl. The van der Waals surface area contributed by atoms with Gasteiger partial charge in [0.25, 0.3) is 5.92 Å². The molecular weight excluding hydrogens is 292 g/mol. The summed E-state index contributed by atoms with van der Waals surface area (Å²) in [6.07, 6.45) is 3.52. The number of hydrogen-bond donors (Lipinski definition) is 3. The van der Waals surface area contributed by atoms with Gasteiger partial charge in [0.2, 0.25) is 11.8 Å². The smallest absolute Gasteiger partial charge is 0.277 e. The average molecular weight is 314 g/mol. The zero-order valence-electron chi connectivity index (χ0n) is 11.5. The van der Waals surface area contributed by atoms with Crippen molar-refractivity contribution >= 4 is 24.2 Å². The van der Waals surface area contributed by atoms with E-state index in [2.05, 4.69) is 10.6 Å². The largest absolute Gasteiger partial charge is 0.348 e. The van der Waals surface area contributed by atoms with Gasteiger partial charge in [-0.1, -0.05) is 19.3 Å². The highest BCUT2D eigenvalue weighted by molar-refractivity contribution is 5.91. The third kappa shape index (κ3) is 5.20. The summed E-state index contributed by atoms with van der Waals surface area (Å²) in [7, 11) is 0. The monoisotopic (exact) mass is 313 g/mol. The maximum Gasteiger partial charge on any atom is 0.277 e. The summed E-state index contributed by atoms with van der Waals surface area (Å²) in [6.45, 7) is -0.303. The van der Waals surface area contributed by atoms with Crippen molar-refractivity contribution in [3.05, 3.63) is 0 Å². The zero-order valence-corrected chi connectivity index (χ0v) is 12.3. The Labute approximate surface area is 123 Å². The van der Waals surface area contributed by atoms with E-state index in [1.54, 1.807) is 0 Å². The van der Waals surface area contributed by atoms with Gasteiger partial charge in [0.05, 0.1) is 13.1 Å². The molecule has 20 heavy (non-hydrogen) atoms. The predicted molar refractivity (Wildman–Crippen MR) is 73.9 cm³/mol. The molecule has 2 amide bonds. The van der Waals surface area contributed by atoms with E-state index >= 15 is 0 Å². The molecule has 0 aromatic heterocycles. The first kappa shape index (κ1) is 19.1. The van der Waals surface area contributed by atoms with Gasteiger partial charge in [-0.25, -0.2) is 8.78 Å². The number of nitrogens with one attached hydrogen (secondary N) is 2. The van der Waals surface area contributed by atoms with Crippen LogP contribution in [0.2, 0.25) is 0 Å². The Bertz CT molecular complexity index is 348. The van der Waals surface area contributed by atoms with Crippen LogP contribution in [0.25, 0.3) is 0 Å². The van der Waals surface area contributed by atoms with Gasteiger partial charge in [0, 0.05) is 6.92 Å². The molecule has 1 aliphatic rings. The summed E-state index contributed by atoms with van der Waals surface area (Å²) in [5, 5.41) is 4.83. The van der Waals surface area contributed by atoms with Crippen molar-refractivity contribution in [2.45, 2.75) is 50.5 Å². The predicted octanol–water partition coefficient (Wildman–Crippen LogP) is 0.957. The summed E-state index contributed by atoms with van der Waals surface area (Å²) in [5.41, 5.74) is 3.87. The van der Waals surface area contributed by atoms with Gasteiger partial charge >= 0.3 is 0 Å². The number of carbonyl (C=O) groups is 2. The summed E-state index contributed by atoms with van der Waals surface area (Å²) >= 11 is 0. The molecule has 4 N–H and O–H groups in total. The number of halogens is 3. The lowest BCUT2D eigenvalue weighted by Crippen LogP contribution is -2.60. The molecule has 0 radical (unpaired) electrons. The molecule has 0 saturated heterocycles. The molecule has 118 valence electrons. The molecule has 0 bridgehead atoms. The average Bonchev–Trinajstić information content (AvgIpc) is 2.36. The van der Waals surface area contributed by atoms with Crippen LogP contribution in [0, 0.1) is 0 Å². The second kappa shape index (κ2) is 7.73. The first-order chi connectivity index (χ1) is 8.81. The molecule has 0 spiro atoms. The summed E-state index contributed by atoms with van der Waals surface area (Å²) < 4.78 is 26.1. The van der Waals surface area contributed by atoms with E-state index in [1.807, 2.05) is 0 Å². The molecule has 0 heterocycles. The number of nitrogens with two attached hydrogens (primary N) is 1. The highest BCUT2D eigenvalue weighted by Gasteiger charge is 2.41. The number of hydrogen-bond acceptors (Lipinski definition) is 3. The standard InChI is InChI=1S/C12H21F2N3O2.ClH/c1-9(18)17-11(5-3-2-4-6-11)10(19)16-8-12(13,14)7-15;/h2-8,15H2,1H3,(H,16,19)(H,17,18);1H. The van der Waals surface area contributed by atoms with E-state index in [-0.39, 0.29) is 18.3 Å². The van der Waals surface area contributed by atoms with Gasteiger partial charge in [0.1, 0.15) is 5.54 Å². The maximum atomic E-state index is 13.0. The van der Waals surface area contributed by atoms with E-state index < -0.39 is 30.5 Å². The number of amides is 2. The molecule has 0 aromatic rings. The van der Waals surface area contributed by atoms with E-state index in [4.69, 9.17) is 5.73 Å². The molecule has 1 aliphatic carbocycles. The molecule has 0 aromatic carbocycles. The van der Waals surface area contributed by atoms with Crippen molar-refractivity contribution in [3.63, 3.8) is 0 Å². The Balaban J connectivity index is 0.00000361. The van der Waals surface area contributed by atoms with Crippen molar-refractivity contribution in [3.8, 4) is 0 Å². The van der Waals surface area contributed by atoms with Crippen LogP contribution in [-0.2, 0) is 9.59 Å². The Kier molecular flexibility index (Phi) is 7.37. The second-order valence-corrected chi connectivity index (χ2v) is 5.07. The highest BCUT2D eigenvalue weighted by Crippen LogP contribution is 2.28. The van der Waals surface area contributed by atoms with Gasteiger partial charge in [-0.2, -0.15) is 0 Å². The second-order valence-electron chi connectivity index (χ2n) is 5.07. The van der Waals surface area contributed by atoms with E-state index in [0.29, 0.717) is 12.8 Å². The quantitative estimate of drug-likeness (QED) is 0.707. The minimum atomic E-state index is -3.12. The highest BCUT2D eigenvalue weighted by atomic mass is 35.5. The third-order valence-electron chi connectivity index (χ3n) is 3.36. The van der Waals surface area contributed by atoms with E-state index in [9.17, 15) is 18.4 Å². The fourth-order valence-corrected chi connectivity index (χ4v) is 2.35. The lowest BCUT2D eigenvalue weighted by Gasteiger charge is -2.36. The Hall–Kier alpha value is -0.950. The zero-order chi connectivity index (χ0) is 14.5. The van der Waals surface area contributed by atoms with E-state index in [0.717, 1.165) is 19.3 Å². The molecule has 1 rings (SSSR count). The Morgan fingerprint density at radius 3 is 2.25 bits per heavy atom. The summed E-state index contributed by atoms with van der Waals surface area (Å²) in [4.78, 5) is 23.3. The normalized spacial score (nSPS) is 17.8. The van der Waals surface area contributed by atoms with Crippen molar-refractivity contribution < 1.29 is 18.4 Å². The van der Waals surface area contributed by atoms with Gasteiger partial charge < -0.3 is 16.4 Å². The van der Waals surface area contributed by atoms with Crippen LogP contribution in [0.15, 0.2) is 0 Å². The topological polar surface area (TPSA) is 84.2 Å².